The van der Waals surface area contributed by atoms with Gasteiger partial charge >= 0.3 is 0 Å². The average molecular weight is 178 g/mol. The van der Waals surface area contributed by atoms with E-state index in [0.717, 1.165) is 0 Å². The van der Waals surface area contributed by atoms with Crippen LogP contribution in [0.25, 0.3) is 0 Å². The minimum atomic E-state index is -0.365. The highest BCUT2D eigenvalue weighted by atomic mass is 16.2. The first kappa shape index (κ1) is 8.16. The Morgan fingerprint density at radius 1 is 1.46 bits per heavy atom. The fourth-order valence-corrected chi connectivity index (χ4v) is 1.70. The highest BCUT2D eigenvalue weighted by Gasteiger charge is 2.42. The van der Waals surface area contributed by atoms with Gasteiger partial charge in [-0.1, -0.05) is 6.92 Å². The van der Waals surface area contributed by atoms with Crippen molar-refractivity contribution in [3.8, 4) is 0 Å². The lowest BCUT2D eigenvalue weighted by atomic mass is 9.90. The summed E-state index contributed by atoms with van der Waals surface area (Å²) >= 11 is 0. The Labute approximate surface area is 75.7 Å². The number of carbonyl (C=O) groups is 2. The molecule has 1 N–H and O–H groups in total. The van der Waals surface area contributed by atoms with Crippen molar-refractivity contribution < 1.29 is 9.59 Å². The van der Waals surface area contributed by atoms with Crippen molar-refractivity contribution in [2.24, 2.45) is 16.8 Å². The van der Waals surface area contributed by atoms with Gasteiger partial charge < -0.3 is 5.32 Å². The summed E-state index contributed by atoms with van der Waals surface area (Å²) in [5, 5.41) is 2.62. The molecule has 2 atom stereocenters. The summed E-state index contributed by atoms with van der Waals surface area (Å²) < 4.78 is 0. The molecular weight excluding hydrogens is 168 g/mol. The number of amides is 1. The number of carbonyl (C=O) groups excluding carboxylic acids is 2. The minimum absolute atomic E-state index is 0.0200. The van der Waals surface area contributed by atoms with Crippen LogP contribution in [0.15, 0.2) is 16.8 Å². The highest BCUT2D eigenvalue weighted by molar-refractivity contribution is 6.21. The molecule has 0 aromatic heterocycles. The molecule has 1 saturated heterocycles. The molecule has 0 aromatic carbocycles. The Morgan fingerprint density at radius 2 is 2.15 bits per heavy atom. The molecule has 2 unspecified atom stereocenters. The van der Waals surface area contributed by atoms with E-state index in [1.807, 2.05) is 0 Å². The van der Waals surface area contributed by atoms with Crippen LogP contribution in [-0.4, -0.2) is 17.5 Å². The van der Waals surface area contributed by atoms with E-state index in [4.69, 9.17) is 0 Å². The second-order valence-electron chi connectivity index (χ2n) is 3.44. The minimum Gasteiger partial charge on any atom is -0.313 e. The standard InChI is InChI=1S/C9H10N2O2/c1-4-3-6(12)7-5(2)9(13)11-8(7)10-4/h3,5,7H,1-2H3,(H,10,11,13). The summed E-state index contributed by atoms with van der Waals surface area (Å²) in [6.45, 7) is 3.49. The Hall–Kier alpha value is -1.45. The fourth-order valence-electron chi connectivity index (χ4n) is 1.70. The Kier molecular flexibility index (Phi) is 1.58. The molecular formula is C9H10N2O2. The van der Waals surface area contributed by atoms with E-state index in [-0.39, 0.29) is 23.5 Å². The first-order chi connectivity index (χ1) is 6.09. The van der Waals surface area contributed by atoms with Gasteiger partial charge in [-0.3, -0.25) is 9.59 Å². The van der Waals surface area contributed by atoms with Crippen molar-refractivity contribution in [3.63, 3.8) is 0 Å². The van der Waals surface area contributed by atoms with Gasteiger partial charge in [-0.25, -0.2) is 4.99 Å². The van der Waals surface area contributed by atoms with Crippen molar-refractivity contribution in [3.05, 3.63) is 11.8 Å². The van der Waals surface area contributed by atoms with Gasteiger partial charge in [-0.2, -0.15) is 0 Å². The zero-order valence-corrected chi connectivity index (χ0v) is 7.50. The van der Waals surface area contributed by atoms with Crippen LogP contribution >= 0.6 is 0 Å². The molecule has 0 saturated carbocycles. The van der Waals surface area contributed by atoms with Crippen molar-refractivity contribution in [1.82, 2.24) is 5.32 Å². The molecule has 1 amide bonds. The van der Waals surface area contributed by atoms with Gasteiger partial charge in [0.2, 0.25) is 5.91 Å². The summed E-state index contributed by atoms with van der Waals surface area (Å²) in [4.78, 5) is 26.8. The summed E-state index contributed by atoms with van der Waals surface area (Å²) in [6, 6.07) is 0. The topological polar surface area (TPSA) is 58.5 Å². The van der Waals surface area contributed by atoms with Gasteiger partial charge in [-0.05, 0) is 6.92 Å². The molecule has 0 aliphatic carbocycles. The first-order valence-corrected chi connectivity index (χ1v) is 4.21. The Morgan fingerprint density at radius 3 is 2.85 bits per heavy atom. The molecule has 0 bridgehead atoms. The van der Waals surface area contributed by atoms with Crippen LogP contribution < -0.4 is 5.32 Å². The van der Waals surface area contributed by atoms with Crippen molar-refractivity contribution in [2.75, 3.05) is 0 Å². The zero-order valence-electron chi connectivity index (χ0n) is 7.50. The van der Waals surface area contributed by atoms with Gasteiger partial charge in [0.25, 0.3) is 0 Å². The number of aliphatic imine (C=N–C) groups is 1. The van der Waals surface area contributed by atoms with Crippen LogP contribution in [0.3, 0.4) is 0 Å². The largest absolute Gasteiger partial charge is 0.313 e. The molecule has 0 aromatic rings. The molecule has 0 radical (unpaired) electrons. The summed E-state index contributed by atoms with van der Waals surface area (Å²) in [6.07, 6.45) is 1.49. The predicted molar refractivity (Wildman–Crippen MR) is 47.0 cm³/mol. The molecule has 2 rings (SSSR count). The maximum atomic E-state index is 11.5. The lowest BCUT2D eigenvalue weighted by molar-refractivity contribution is -0.125. The molecule has 2 aliphatic rings. The second kappa shape index (κ2) is 2.52. The van der Waals surface area contributed by atoms with Crippen LogP contribution in [0.2, 0.25) is 0 Å². The molecule has 0 spiro atoms. The summed E-state index contributed by atoms with van der Waals surface area (Å²) in [5.41, 5.74) is 0.658. The number of rotatable bonds is 0. The molecule has 4 heteroatoms. The number of fused-ring (bicyclic) bond motifs is 1. The maximum Gasteiger partial charge on any atom is 0.229 e. The van der Waals surface area contributed by atoms with E-state index in [9.17, 15) is 9.59 Å². The van der Waals surface area contributed by atoms with Gasteiger partial charge in [0, 0.05) is 11.8 Å². The lowest BCUT2D eigenvalue weighted by Crippen LogP contribution is -2.29. The van der Waals surface area contributed by atoms with Gasteiger partial charge in [0.05, 0.1) is 11.8 Å². The molecule has 68 valence electrons. The SMILES string of the molecule is CC1=CC(=O)C2C(=N1)NC(=O)C2C. The lowest BCUT2D eigenvalue weighted by Gasteiger charge is -2.13. The van der Waals surface area contributed by atoms with Gasteiger partial charge in [-0.15, -0.1) is 0 Å². The number of amidine groups is 1. The Balaban J connectivity index is 2.42. The van der Waals surface area contributed by atoms with E-state index in [1.54, 1.807) is 13.8 Å². The van der Waals surface area contributed by atoms with Gasteiger partial charge in [0.1, 0.15) is 5.84 Å². The number of allylic oxidation sites excluding steroid dienone is 2. The number of nitrogens with one attached hydrogen (secondary N) is 1. The van der Waals surface area contributed by atoms with Crippen LogP contribution in [0, 0.1) is 11.8 Å². The van der Waals surface area contributed by atoms with Crippen molar-refractivity contribution >= 4 is 17.5 Å². The molecule has 13 heavy (non-hydrogen) atoms. The quantitative estimate of drug-likeness (QED) is 0.578. The van der Waals surface area contributed by atoms with E-state index in [0.29, 0.717) is 11.5 Å². The van der Waals surface area contributed by atoms with Crippen molar-refractivity contribution in [1.29, 1.82) is 0 Å². The number of hydrogen-bond acceptors (Lipinski definition) is 3. The number of ketones is 1. The summed E-state index contributed by atoms with van der Waals surface area (Å²) in [5.74, 6) is -0.261. The summed E-state index contributed by atoms with van der Waals surface area (Å²) in [7, 11) is 0. The smallest absolute Gasteiger partial charge is 0.229 e. The fraction of sp³-hybridized carbons (Fsp3) is 0.444. The van der Waals surface area contributed by atoms with E-state index >= 15 is 0 Å². The van der Waals surface area contributed by atoms with E-state index in [1.165, 1.54) is 6.08 Å². The first-order valence-electron chi connectivity index (χ1n) is 4.21. The average Bonchev–Trinajstić information content (AvgIpc) is 2.27. The van der Waals surface area contributed by atoms with Crippen molar-refractivity contribution in [2.45, 2.75) is 13.8 Å². The van der Waals surface area contributed by atoms with Crippen LogP contribution in [0.5, 0.6) is 0 Å². The monoisotopic (exact) mass is 178 g/mol. The zero-order chi connectivity index (χ0) is 9.59. The highest BCUT2D eigenvalue weighted by Crippen LogP contribution is 2.25. The molecule has 2 heterocycles. The molecule has 2 aliphatic heterocycles. The van der Waals surface area contributed by atoms with E-state index in [2.05, 4.69) is 10.3 Å². The molecule has 4 nitrogen and oxygen atoms in total. The van der Waals surface area contributed by atoms with Gasteiger partial charge in [0.15, 0.2) is 5.78 Å². The predicted octanol–water partition coefficient (Wildman–Crippen LogP) is 0.254. The van der Waals surface area contributed by atoms with E-state index < -0.39 is 0 Å². The third kappa shape index (κ3) is 1.09. The van der Waals surface area contributed by atoms with Crippen LogP contribution in [-0.2, 0) is 9.59 Å². The third-order valence-corrected chi connectivity index (χ3v) is 2.41. The van der Waals surface area contributed by atoms with Crippen LogP contribution in [0.1, 0.15) is 13.8 Å². The second-order valence-corrected chi connectivity index (χ2v) is 3.44. The number of hydrogen-bond donors (Lipinski definition) is 1. The maximum absolute atomic E-state index is 11.5. The number of nitrogens with zero attached hydrogens (tertiary/aromatic N) is 1. The van der Waals surface area contributed by atoms with Crippen LogP contribution in [0.4, 0.5) is 0 Å². The molecule has 1 fully saturated rings. The Bertz CT molecular complexity index is 355. The normalized spacial score (nSPS) is 32.2. The third-order valence-electron chi connectivity index (χ3n) is 2.41.